The fraction of sp³-hybridized carbons (Fsp3) is 0.600. The van der Waals surface area contributed by atoms with Crippen LogP contribution in [0.1, 0.15) is 13.3 Å². The summed E-state index contributed by atoms with van der Waals surface area (Å²) in [6.45, 7) is 1.92. The maximum atomic E-state index is 10.0. The highest BCUT2D eigenvalue weighted by atomic mass is 16.2. The quantitative estimate of drug-likeness (QED) is 0.363. The number of hydrogen-bond acceptors (Lipinski definition) is 3. The van der Waals surface area contributed by atoms with Crippen molar-refractivity contribution in [1.82, 2.24) is 5.43 Å². The highest BCUT2D eigenvalue weighted by molar-refractivity contribution is 5.73. The molecule has 0 bridgehead atoms. The fourth-order valence-corrected chi connectivity index (χ4v) is 0.302. The van der Waals surface area contributed by atoms with Gasteiger partial charge in [0.15, 0.2) is 0 Å². The number of urea groups is 1. The van der Waals surface area contributed by atoms with Crippen molar-refractivity contribution in [1.29, 1.82) is 0 Å². The van der Waals surface area contributed by atoms with E-state index in [0.717, 1.165) is 6.42 Å². The first-order chi connectivity index (χ1) is 4.66. The van der Waals surface area contributed by atoms with E-state index in [2.05, 4.69) is 5.10 Å². The van der Waals surface area contributed by atoms with E-state index in [4.69, 9.17) is 11.5 Å². The van der Waals surface area contributed by atoms with Crippen LogP contribution < -0.4 is 16.9 Å². The minimum Gasteiger partial charge on any atom is -0.350 e. The molecule has 0 heterocycles. The van der Waals surface area contributed by atoms with Crippen molar-refractivity contribution in [2.24, 2.45) is 16.6 Å². The van der Waals surface area contributed by atoms with Crippen molar-refractivity contribution < 1.29 is 4.79 Å². The Labute approximate surface area is 59.5 Å². The van der Waals surface area contributed by atoms with Crippen molar-refractivity contribution in [3.05, 3.63) is 0 Å². The van der Waals surface area contributed by atoms with Gasteiger partial charge in [0.05, 0.1) is 0 Å². The number of carbonyl (C=O) groups excluding carboxylic acids is 1. The first kappa shape index (κ1) is 8.90. The Morgan fingerprint density at radius 2 is 2.50 bits per heavy atom. The smallest absolute Gasteiger partial charge is 0.332 e. The second-order valence-electron chi connectivity index (χ2n) is 1.83. The van der Waals surface area contributed by atoms with Gasteiger partial charge in [-0.2, -0.15) is 5.10 Å². The monoisotopic (exact) mass is 144 g/mol. The zero-order valence-electron chi connectivity index (χ0n) is 5.87. The summed E-state index contributed by atoms with van der Waals surface area (Å²) in [5.74, 6) is 0. The molecule has 1 atom stereocenters. The molecule has 1 unspecified atom stereocenters. The van der Waals surface area contributed by atoms with Gasteiger partial charge >= 0.3 is 6.03 Å². The molecular weight excluding hydrogens is 132 g/mol. The third-order valence-corrected chi connectivity index (χ3v) is 0.912. The summed E-state index contributed by atoms with van der Waals surface area (Å²) in [5.41, 5.74) is 12.2. The van der Waals surface area contributed by atoms with Gasteiger partial charge in [-0.05, 0) is 6.42 Å². The van der Waals surface area contributed by atoms with Gasteiger partial charge in [-0.3, -0.25) is 0 Å². The van der Waals surface area contributed by atoms with E-state index in [1.54, 1.807) is 0 Å². The SMILES string of the molecule is CCC(N)/C=N\NC(N)=O. The Morgan fingerprint density at radius 3 is 2.90 bits per heavy atom. The maximum Gasteiger partial charge on any atom is 0.332 e. The molecule has 10 heavy (non-hydrogen) atoms. The highest BCUT2D eigenvalue weighted by Crippen LogP contribution is 1.78. The number of hydrazone groups is 1. The van der Waals surface area contributed by atoms with Gasteiger partial charge < -0.3 is 11.5 Å². The Balaban J connectivity index is 3.45. The summed E-state index contributed by atoms with van der Waals surface area (Å²) in [6, 6.07) is -0.800. The van der Waals surface area contributed by atoms with Gasteiger partial charge in [0.1, 0.15) is 0 Å². The second kappa shape index (κ2) is 4.75. The molecule has 0 saturated heterocycles. The molecule has 0 aromatic carbocycles. The summed E-state index contributed by atoms with van der Waals surface area (Å²) in [5, 5.41) is 3.47. The lowest BCUT2D eigenvalue weighted by atomic mass is 10.3. The van der Waals surface area contributed by atoms with Crippen LogP contribution in [-0.2, 0) is 0 Å². The number of carbonyl (C=O) groups is 1. The van der Waals surface area contributed by atoms with Crippen LogP contribution in [-0.4, -0.2) is 18.3 Å². The van der Waals surface area contributed by atoms with E-state index in [-0.39, 0.29) is 6.04 Å². The van der Waals surface area contributed by atoms with Crippen molar-refractivity contribution in [3.8, 4) is 0 Å². The van der Waals surface area contributed by atoms with Gasteiger partial charge in [-0.25, -0.2) is 10.2 Å². The third kappa shape index (κ3) is 5.04. The normalized spacial score (nSPS) is 13.4. The van der Waals surface area contributed by atoms with Crippen LogP contribution in [0, 0.1) is 0 Å². The number of nitrogens with two attached hydrogens (primary N) is 2. The van der Waals surface area contributed by atoms with Crippen LogP contribution in [0.4, 0.5) is 4.79 Å². The van der Waals surface area contributed by atoms with Gasteiger partial charge in [-0.15, -0.1) is 0 Å². The predicted octanol–water partition coefficient (Wildman–Crippen LogP) is -0.622. The zero-order valence-corrected chi connectivity index (χ0v) is 5.87. The molecule has 5 heteroatoms. The molecule has 2 amide bonds. The Kier molecular flexibility index (Phi) is 4.23. The largest absolute Gasteiger partial charge is 0.350 e. The average Bonchev–Trinajstić information content (AvgIpc) is 1.87. The lowest BCUT2D eigenvalue weighted by molar-refractivity contribution is 0.249. The van der Waals surface area contributed by atoms with Crippen molar-refractivity contribution in [2.45, 2.75) is 19.4 Å². The number of amides is 2. The first-order valence-corrected chi connectivity index (χ1v) is 3.01. The molecule has 5 nitrogen and oxygen atoms in total. The molecule has 0 aliphatic rings. The maximum absolute atomic E-state index is 10.0. The minimum atomic E-state index is -0.681. The number of nitrogens with zero attached hydrogens (tertiary/aromatic N) is 1. The standard InChI is InChI=1S/C5H12N4O/c1-2-4(6)3-8-9-5(7)10/h3-4H,2,6H2,1H3,(H3,7,9,10)/b8-3-. The van der Waals surface area contributed by atoms with Crippen molar-refractivity contribution in [3.63, 3.8) is 0 Å². The summed E-state index contributed by atoms with van der Waals surface area (Å²) in [7, 11) is 0. The molecule has 0 spiro atoms. The molecule has 0 aromatic rings. The van der Waals surface area contributed by atoms with Crippen molar-refractivity contribution in [2.75, 3.05) is 0 Å². The van der Waals surface area contributed by atoms with Gasteiger partial charge in [-0.1, -0.05) is 6.92 Å². The molecule has 5 N–H and O–H groups in total. The molecule has 0 radical (unpaired) electrons. The second-order valence-corrected chi connectivity index (χ2v) is 1.83. The van der Waals surface area contributed by atoms with Crippen molar-refractivity contribution >= 4 is 12.2 Å². The molecule has 0 aliphatic heterocycles. The Hall–Kier alpha value is -1.10. The number of hydrogen-bond donors (Lipinski definition) is 3. The highest BCUT2D eigenvalue weighted by Gasteiger charge is 1.91. The van der Waals surface area contributed by atoms with Gasteiger partial charge in [0.25, 0.3) is 0 Å². The zero-order chi connectivity index (χ0) is 7.98. The average molecular weight is 144 g/mol. The number of rotatable bonds is 3. The lowest BCUT2D eigenvalue weighted by Crippen LogP contribution is -2.27. The first-order valence-electron chi connectivity index (χ1n) is 3.01. The van der Waals surface area contributed by atoms with Crippen LogP contribution in [0.3, 0.4) is 0 Å². The number of primary amides is 1. The van der Waals surface area contributed by atoms with Crippen LogP contribution in [0.2, 0.25) is 0 Å². The van der Waals surface area contributed by atoms with Gasteiger partial charge in [0.2, 0.25) is 0 Å². The lowest BCUT2D eigenvalue weighted by Gasteiger charge is -1.98. The molecule has 58 valence electrons. The Bertz CT molecular complexity index is 134. The van der Waals surface area contributed by atoms with Crippen LogP contribution in [0.15, 0.2) is 5.10 Å². The summed E-state index contributed by atoms with van der Waals surface area (Å²) >= 11 is 0. The number of nitrogens with one attached hydrogen (secondary N) is 1. The van der Waals surface area contributed by atoms with Crippen LogP contribution in [0.5, 0.6) is 0 Å². The molecule has 0 saturated carbocycles. The summed E-state index contributed by atoms with van der Waals surface area (Å²) < 4.78 is 0. The van der Waals surface area contributed by atoms with E-state index >= 15 is 0 Å². The summed E-state index contributed by atoms with van der Waals surface area (Å²) in [6.07, 6.45) is 2.22. The molecule has 0 aromatic heterocycles. The van der Waals surface area contributed by atoms with E-state index in [1.807, 2.05) is 12.3 Å². The third-order valence-electron chi connectivity index (χ3n) is 0.912. The molecule has 0 rings (SSSR count). The van der Waals surface area contributed by atoms with Gasteiger partial charge in [0, 0.05) is 12.3 Å². The topological polar surface area (TPSA) is 93.5 Å². The van der Waals surface area contributed by atoms with Crippen LogP contribution in [0.25, 0.3) is 0 Å². The fourth-order valence-electron chi connectivity index (χ4n) is 0.302. The molecule has 0 aliphatic carbocycles. The predicted molar refractivity (Wildman–Crippen MR) is 39.5 cm³/mol. The van der Waals surface area contributed by atoms with E-state index < -0.39 is 6.03 Å². The minimum absolute atomic E-state index is 0.119. The summed E-state index contributed by atoms with van der Waals surface area (Å²) in [4.78, 5) is 10.0. The Morgan fingerprint density at radius 1 is 1.90 bits per heavy atom. The molecule has 0 fully saturated rings. The van der Waals surface area contributed by atoms with E-state index in [9.17, 15) is 4.79 Å². The van der Waals surface area contributed by atoms with E-state index in [0.29, 0.717) is 0 Å². The molecular formula is C5H12N4O. The van der Waals surface area contributed by atoms with E-state index in [1.165, 1.54) is 6.21 Å². The van der Waals surface area contributed by atoms with Crippen LogP contribution >= 0.6 is 0 Å².